The molecule has 2 N–H and O–H groups in total. The molecule has 4 nitrogen and oxygen atoms in total. The van der Waals surface area contributed by atoms with Crippen molar-refractivity contribution in [1.29, 1.82) is 0 Å². The smallest absolute Gasteiger partial charge is 0.381 e. The number of hydrogen-bond acceptors (Lipinski definition) is 3. The Bertz CT molecular complexity index is 656. The second kappa shape index (κ2) is 4.22. The van der Waals surface area contributed by atoms with Crippen LogP contribution >= 0.6 is 0 Å². The van der Waals surface area contributed by atoms with E-state index >= 15 is 0 Å². The van der Waals surface area contributed by atoms with E-state index in [4.69, 9.17) is 5.73 Å². The zero-order chi connectivity index (χ0) is 14.5. The third kappa shape index (κ3) is 2.13. The lowest BCUT2D eigenvalue weighted by atomic mass is 10.1. The summed E-state index contributed by atoms with van der Waals surface area (Å²) < 4.78 is 40.3. The molecule has 0 amide bonds. The first-order valence-electron chi connectivity index (χ1n) is 6.27. The van der Waals surface area contributed by atoms with Crippen molar-refractivity contribution >= 4 is 5.82 Å². The number of nitrogens with two attached hydrogens (primary N) is 1. The highest BCUT2D eigenvalue weighted by Gasteiger charge is 2.34. The average Bonchev–Trinajstić information content (AvgIpc) is 3.12. The first-order valence-corrected chi connectivity index (χ1v) is 6.27. The summed E-state index contributed by atoms with van der Waals surface area (Å²) in [7, 11) is 0. The Balaban J connectivity index is 2.11. The van der Waals surface area contributed by atoms with Crippen LogP contribution < -0.4 is 5.73 Å². The number of aryl methyl sites for hydroxylation is 1. The molecule has 1 aromatic heterocycles. The van der Waals surface area contributed by atoms with E-state index in [2.05, 4.69) is 10.3 Å². The number of alkyl halides is 3. The summed E-state index contributed by atoms with van der Waals surface area (Å²) in [5.41, 5.74) is 6.33. The number of hydrogen-bond donors (Lipinski definition) is 1. The van der Waals surface area contributed by atoms with Crippen LogP contribution in [0.15, 0.2) is 18.2 Å². The van der Waals surface area contributed by atoms with Crippen LogP contribution in [0.25, 0.3) is 5.69 Å². The summed E-state index contributed by atoms with van der Waals surface area (Å²) in [5, 5.41) is 7.65. The molecule has 0 bridgehead atoms. The van der Waals surface area contributed by atoms with Crippen molar-refractivity contribution in [2.24, 2.45) is 0 Å². The van der Waals surface area contributed by atoms with Crippen LogP contribution in [0.5, 0.6) is 0 Å². The minimum absolute atomic E-state index is 0.183. The van der Waals surface area contributed by atoms with E-state index in [0.29, 0.717) is 17.2 Å². The molecular weight excluding hydrogens is 269 g/mol. The Hall–Kier alpha value is -2.05. The van der Waals surface area contributed by atoms with E-state index in [1.807, 2.05) is 0 Å². The molecule has 20 heavy (non-hydrogen) atoms. The normalized spacial score (nSPS) is 15.6. The van der Waals surface area contributed by atoms with Crippen molar-refractivity contribution < 1.29 is 13.2 Å². The largest absolute Gasteiger partial charge is 0.416 e. The van der Waals surface area contributed by atoms with Gasteiger partial charge in [0, 0.05) is 5.92 Å². The van der Waals surface area contributed by atoms with Crippen LogP contribution in [0.3, 0.4) is 0 Å². The van der Waals surface area contributed by atoms with Crippen molar-refractivity contribution in [1.82, 2.24) is 15.0 Å². The molecule has 0 atom stereocenters. The zero-order valence-electron chi connectivity index (χ0n) is 10.8. The van der Waals surface area contributed by atoms with Gasteiger partial charge in [-0.05, 0) is 37.5 Å². The minimum Gasteiger partial charge on any atom is -0.381 e. The maximum atomic E-state index is 13.0. The van der Waals surface area contributed by atoms with Crippen molar-refractivity contribution in [3.63, 3.8) is 0 Å². The first kappa shape index (κ1) is 13.0. The van der Waals surface area contributed by atoms with Gasteiger partial charge < -0.3 is 5.73 Å². The van der Waals surface area contributed by atoms with Gasteiger partial charge in [-0.1, -0.05) is 11.3 Å². The number of rotatable bonds is 2. The van der Waals surface area contributed by atoms with E-state index in [-0.39, 0.29) is 11.5 Å². The number of halogens is 3. The van der Waals surface area contributed by atoms with Gasteiger partial charge in [0.2, 0.25) is 0 Å². The van der Waals surface area contributed by atoms with Crippen LogP contribution in [-0.4, -0.2) is 15.0 Å². The molecule has 0 spiro atoms. The molecule has 2 aromatic rings. The summed E-state index contributed by atoms with van der Waals surface area (Å²) >= 11 is 0. The zero-order valence-corrected chi connectivity index (χ0v) is 10.8. The van der Waals surface area contributed by atoms with E-state index in [1.54, 1.807) is 6.07 Å². The molecule has 1 saturated carbocycles. The van der Waals surface area contributed by atoms with Crippen LogP contribution in [0.1, 0.15) is 35.6 Å². The molecule has 7 heteroatoms. The summed E-state index contributed by atoms with van der Waals surface area (Å²) in [6.45, 7) is 1.43. The number of nitrogens with zero attached hydrogens (tertiary/aromatic N) is 3. The van der Waals surface area contributed by atoms with Crippen molar-refractivity contribution in [3.8, 4) is 5.69 Å². The van der Waals surface area contributed by atoms with Gasteiger partial charge in [0.1, 0.15) is 0 Å². The quantitative estimate of drug-likeness (QED) is 0.921. The molecule has 1 aliphatic rings. The molecule has 0 aliphatic heterocycles. The predicted molar refractivity (Wildman–Crippen MR) is 67.5 cm³/mol. The molecule has 1 aliphatic carbocycles. The topological polar surface area (TPSA) is 56.7 Å². The molecule has 1 heterocycles. The molecule has 1 fully saturated rings. The van der Waals surface area contributed by atoms with E-state index < -0.39 is 11.7 Å². The van der Waals surface area contributed by atoms with Crippen molar-refractivity contribution in [2.75, 3.05) is 5.73 Å². The summed E-state index contributed by atoms with van der Waals surface area (Å²) in [6, 6.07) is 4.13. The Kier molecular flexibility index (Phi) is 2.74. The fourth-order valence-corrected chi connectivity index (χ4v) is 2.28. The Morgan fingerprint density at radius 1 is 1.30 bits per heavy atom. The van der Waals surface area contributed by atoms with Gasteiger partial charge in [0.15, 0.2) is 5.82 Å². The lowest BCUT2D eigenvalue weighted by Gasteiger charge is -2.13. The third-order valence-electron chi connectivity index (χ3n) is 3.47. The third-order valence-corrected chi connectivity index (χ3v) is 3.47. The van der Waals surface area contributed by atoms with Crippen LogP contribution in [-0.2, 0) is 6.18 Å². The first-order chi connectivity index (χ1) is 9.38. The second-order valence-electron chi connectivity index (χ2n) is 5.04. The molecule has 0 saturated heterocycles. The fourth-order valence-electron chi connectivity index (χ4n) is 2.28. The standard InChI is InChI=1S/C13H13F3N4/c1-7-2-5-9(6-10(7)13(14,15)16)20-11(8-3-4-8)12(17)18-19-20/h2,5-6,8H,3-4,17H2,1H3. The highest BCUT2D eigenvalue weighted by molar-refractivity contribution is 5.47. The molecule has 1 aromatic carbocycles. The van der Waals surface area contributed by atoms with Gasteiger partial charge in [0.05, 0.1) is 16.9 Å². The van der Waals surface area contributed by atoms with Crippen LogP contribution in [0.2, 0.25) is 0 Å². The fraction of sp³-hybridized carbons (Fsp3) is 0.385. The molecular formula is C13H13F3N4. The SMILES string of the molecule is Cc1ccc(-n2nnc(N)c2C2CC2)cc1C(F)(F)F. The highest BCUT2D eigenvalue weighted by Crippen LogP contribution is 2.43. The Labute approximate surface area is 113 Å². The molecule has 0 radical (unpaired) electrons. The minimum atomic E-state index is -4.38. The van der Waals surface area contributed by atoms with Gasteiger partial charge in [-0.15, -0.1) is 5.10 Å². The highest BCUT2D eigenvalue weighted by atomic mass is 19.4. The Morgan fingerprint density at radius 2 is 2.00 bits per heavy atom. The Morgan fingerprint density at radius 3 is 2.60 bits per heavy atom. The average molecular weight is 282 g/mol. The number of anilines is 1. The van der Waals surface area contributed by atoms with Gasteiger partial charge in [-0.2, -0.15) is 13.2 Å². The lowest BCUT2D eigenvalue weighted by Crippen LogP contribution is -2.10. The summed E-state index contributed by atoms with van der Waals surface area (Å²) in [6.07, 6.45) is -2.45. The van der Waals surface area contributed by atoms with Crippen LogP contribution in [0, 0.1) is 6.92 Å². The second-order valence-corrected chi connectivity index (χ2v) is 5.04. The van der Waals surface area contributed by atoms with Gasteiger partial charge in [0.25, 0.3) is 0 Å². The lowest BCUT2D eigenvalue weighted by molar-refractivity contribution is -0.138. The van der Waals surface area contributed by atoms with Crippen molar-refractivity contribution in [2.45, 2.75) is 31.9 Å². The summed E-state index contributed by atoms with van der Waals surface area (Å²) in [5.74, 6) is 0.544. The maximum absolute atomic E-state index is 13.0. The van der Waals surface area contributed by atoms with Gasteiger partial charge in [-0.3, -0.25) is 0 Å². The molecule has 0 unspecified atom stereocenters. The van der Waals surface area contributed by atoms with E-state index in [0.717, 1.165) is 18.9 Å². The van der Waals surface area contributed by atoms with Crippen LogP contribution in [0.4, 0.5) is 19.0 Å². The van der Waals surface area contributed by atoms with Gasteiger partial charge in [-0.25, -0.2) is 4.68 Å². The number of nitrogen functional groups attached to an aromatic ring is 1. The molecule has 3 rings (SSSR count). The maximum Gasteiger partial charge on any atom is 0.416 e. The van der Waals surface area contributed by atoms with Crippen molar-refractivity contribution in [3.05, 3.63) is 35.0 Å². The number of benzene rings is 1. The monoisotopic (exact) mass is 282 g/mol. The number of aromatic nitrogens is 3. The summed E-state index contributed by atoms with van der Waals surface area (Å²) in [4.78, 5) is 0. The van der Waals surface area contributed by atoms with Gasteiger partial charge >= 0.3 is 6.18 Å². The van der Waals surface area contributed by atoms with E-state index in [9.17, 15) is 13.2 Å². The predicted octanol–water partition coefficient (Wildman–Crippen LogP) is 3.05. The van der Waals surface area contributed by atoms with E-state index in [1.165, 1.54) is 17.7 Å². The molecule has 106 valence electrons.